The van der Waals surface area contributed by atoms with E-state index < -0.39 is 10.0 Å². The van der Waals surface area contributed by atoms with E-state index in [0.29, 0.717) is 37.0 Å². The van der Waals surface area contributed by atoms with Crippen LogP contribution in [0.5, 0.6) is 5.75 Å². The van der Waals surface area contributed by atoms with Crippen molar-refractivity contribution in [3.8, 4) is 5.75 Å². The first-order valence-electron chi connectivity index (χ1n) is 8.90. The van der Waals surface area contributed by atoms with Gasteiger partial charge in [-0.25, -0.2) is 8.42 Å². The molecule has 2 aromatic carbocycles. The molecule has 1 aliphatic heterocycles. The largest absolute Gasteiger partial charge is 0.495 e. The van der Waals surface area contributed by atoms with E-state index in [1.54, 1.807) is 12.1 Å². The minimum Gasteiger partial charge on any atom is -0.495 e. The lowest BCUT2D eigenvalue weighted by Gasteiger charge is -2.36. The van der Waals surface area contributed by atoms with Gasteiger partial charge in [0.1, 0.15) is 10.6 Å². The zero-order valence-corrected chi connectivity index (χ0v) is 17.7. The van der Waals surface area contributed by atoms with Crippen LogP contribution in [0.15, 0.2) is 35.2 Å². The van der Waals surface area contributed by atoms with Crippen LogP contribution in [0, 0.1) is 20.8 Å². The Kier molecular flexibility index (Phi) is 5.70. The van der Waals surface area contributed by atoms with Crippen LogP contribution in [0.2, 0.25) is 5.02 Å². The SMILES string of the molecule is COc1cc(C)c(C)cc1S(=O)(=O)N1CCN(c2cc(Cl)ccc2C)CC1. The van der Waals surface area contributed by atoms with Crippen LogP contribution in [0.25, 0.3) is 0 Å². The number of hydrogen-bond acceptors (Lipinski definition) is 4. The fraction of sp³-hybridized carbons (Fsp3) is 0.400. The predicted octanol–water partition coefficient (Wildman–Crippen LogP) is 3.78. The Labute approximate surface area is 166 Å². The molecule has 1 fully saturated rings. The summed E-state index contributed by atoms with van der Waals surface area (Å²) in [6, 6.07) is 9.28. The summed E-state index contributed by atoms with van der Waals surface area (Å²) in [5, 5.41) is 0.686. The van der Waals surface area contributed by atoms with Gasteiger partial charge in [0.05, 0.1) is 7.11 Å². The maximum atomic E-state index is 13.2. The monoisotopic (exact) mass is 408 g/mol. The number of halogens is 1. The van der Waals surface area contributed by atoms with Crippen molar-refractivity contribution in [3.05, 3.63) is 52.0 Å². The third-order valence-electron chi connectivity index (χ3n) is 5.15. The highest BCUT2D eigenvalue weighted by molar-refractivity contribution is 7.89. The highest BCUT2D eigenvalue weighted by atomic mass is 35.5. The number of hydrogen-bond donors (Lipinski definition) is 0. The number of sulfonamides is 1. The molecule has 0 unspecified atom stereocenters. The van der Waals surface area contributed by atoms with E-state index in [4.69, 9.17) is 16.3 Å². The summed E-state index contributed by atoms with van der Waals surface area (Å²) >= 11 is 6.13. The first kappa shape index (κ1) is 20.0. The van der Waals surface area contributed by atoms with Gasteiger partial charge < -0.3 is 9.64 Å². The lowest BCUT2D eigenvalue weighted by Crippen LogP contribution is -2.48. The molecule has 0 atom stereocenters. The zero-order valence-electron chi connectivity index (χ0n) is 16.1. The number of benzene rings is 2. The second-order valence-electron chi connectivity index (χ2n) is 6.91. The van der Waals surface area contributed by atoms with Gasteiger partial charge in [0.15, 0.2) is 0 Å². The molecular weight excluding hydrogens is 384 g/mol. The fourth-order valence-electron chi connectivity index (χ4n) is 3.36. The predicted molar refractivity (Wildman–Crippen MR) is 110 cm³/mol. The molecular formula is C20H25ClN2O3S. The third kappa shape index (κ3) is 3.93. The average Bonchev–Trinajstić information content (AvgIpc) is 2.65. The minimum atomic E-state index is -3.61. The van der Waals surface area contributed by atoms with Crippen molar-refractivity contribution in [2.24, 2.45) is 0 Å². The molecule has 5 nitrogen and oxygen atoms in total. The van der Waals surface area contributed by atoms with Gasteiger partial charge in [-0.1, -0.05) is 17.7 Å². The first-order valence-corrected chi connectivity index (χ1v) is 10.7. The van der Waals surface area contributed by atoms with Gasteiger partial charge in [0, 0.05) is 36.9 Å². The highest BCUT2D eigenvalue weighted by Gasteiger charge is 2.31. The lowest BCUT2D eigenvalue weighted by molar-refractivity contribution is 0.374. The van der Waals surface area contributed by atoms with Gasteiger partial charge in [-0.15, -0.1) is 0 Å². The van der Waals surface area contributed by atoms with Gasteiger partial charge in [-0.2, -0.15) is 4.31 Å². The van der Waals surface area contributed by atoms with Crippen LogP contribution >= 0.6 is 11.6 Å². The topological polar surface area (TPSA) is 49.9 Å². The van der Waals surface area contributed by atoms with Crippen LogP contribution in [-0.4, -0.2) is 46.0 Å². The summed E-state index contributed by atoms with van der Waals surface area (Å²) < 4.78 is 33.3. The molecule has 3 rings (SSSR count). The summed E-state index contributed by atoms with van der Waals surface area (Å²) in [5.74, 6) is 0.395. The molecule has 27 heavy (non-hydrogen) atoms. The summed E-state index contributed by atoms with van der Waals surface area (Å²) in [6.07, 6.45) is 0. The molecule has 146 valence electrons. The number of ether oxygens (including phenoxy) is 1. The molecule has 0 bridgehead atoms. The maximum Gasteiger partial charge on any atom is 0.246 e. The van der Waals surface area contributed by atoms with E-state index in [1.807, 2.05) is 39.0 Å². The molecule has 0 amide bonds. The summed E-state index contributed by atoms with van der Waals surface area (Å²) in [4.78, 5) is 2.42. The van der Waals surface area contributed by atoms with E-state index >= 15 is 0 Å². The zero-order chi connectivity index (χ0) is 19.8. The van der Waals surface area contributed by atoms with Gasteiger partial charge in [0.25, 0.3) is 0 Å². The van der Waals surface area contributed by atoms with E-state index in [9.17, 15) is 8.42 Å². The van der Waals surface area contributed by atoms with Gasteiger partial charge in [0.2, 0.25) is 10.0 Å². The van der Waals surface area contributed by atoms with Crippen molar-refractivity contribution in [2.75, 3.05) is 38.2 Å². The molecule has 0 spiro atoms. The third-order valence-corrected chi connectivity index (χ3v) is 7.30. The number of piperazine rings is 1. The van der Waals surface area contributed by atoms with Crippen molar-refractivity contribution in [1.29, 1.82) is 0 Å². The molecule has 0 radical (unpaired) electrons. The second-order valence-corrected chi connectivity index (χ2v) is 9.25. The Morgan fingerprint density at radius 2 is 1.56 bits per heavy atom. The standard InChI is InChI=1S/C20H25ClN2O3S/c1-14-5-6-17(21)13-18(14)22-7-9-23(10-8-22)27(24,25)20-12-16(3)15(2)11-19(20)26-4/h5-6,11-13H,7-10H2,1-4H3. The normalized spacial score (nSPS) is 15.8. The second kappa shape index (κ2) is 7.70. The molecule has 7 heteroatoms. The van der Waals surface area contributed by atoms with Crippen molar-refractivity contribution < 1.29 is 13.2 Å². The van der Waals surface area contributed by atoms with Crippen molar-refractivity contribution in [2.45, 2.75) is 25.7 Å². The van der Waals surface area contributed by atoms with E-state index in [-0.39, 0.29) is 4.90 Å². The van der Waals surface area contributed by atoms with E-state index in [0.717, 1.165) is 22.4 Å². The number of aryl methyl sites for hydroxylation is 3. The molecule has 1 heterocycles. The molecule has 0 N–H and O–H groups in total. The molecule has 0 aliphatic carbocycles. The Bertz CT molecular complexity index is 952. The maximum absolute atomic E-state index is 13.2. The molecule has 0 saturated carbocycles. The Balaban J connectivity index is 1.83. The number of rotatable bonds is 4. The van der Waals surface area contributed by atoms with Crippen LogP contribution in [0.3, 0.4) is 0 Å². The van der Waals surface area contributed by atoms with Crippen LogP contribution in [0.4, 0.5) is 5.69 Å². The van der Waals surface area contributed by atoms with Crippen molar-refractivity contribution in [3.63, 3.8) is 0 Å². The lowest BCUT2D eigenvalue weighted by atomic mass is 10.1. The first-order chi connectivity index (χ1) is 12.7. The molecule has 1 aliphatic rings. The number of methoxy groups -OCH3 is 1. The summed E-state index contributed by atoms with van der Waals surface area (Å²) in [7, 11) is -2.11. The summed E-state index contributed by atoms with van der Waals surface area (Å²) in [5.41, 5.74) is 4.13. The van der Waals surface area contributed by atoms with Gasteiger partial charge >= 0.3 is 0 Å². The molecule has 1 saturated heterocycles. The van der Waals surface area contributed by atoms with Crippen LogP contribution in [0.1, 0.15) is 16.7 Å². The number of anilines is 1. The Morgan fingerprint density at radius 3 is 2.19 bits per heavy atom. The fourth-order valence-corrected chi connectivity index (χ4v) is 5.17. The smallest absolute Gasteiger partial charge is 0.246 e. The van der Waals surface area contributed by atoms with Gasteiger partial charge in [-0.3, -0.25) is 0 Å². The highest BCUT2D eigenvalue weighted by Crippen LogP contribution is 2.31. The Morgan fingerprint density at radius 1 is 0.926 bits per heavy atom. The van der Waals surface area contributed by atoms with Crippen molar-refractivity contribution >= 4 is 27.3 Å². The van der Waals surface area contributed by atoms with Crippen LogP contribution < -0.4 is 9.64 Å². The quantitative estimate of drug-likeness (QED) is 0.772. The minimum absolute atomic E-state index is 0.237. The van der Waals surface area contributed by atoms with Crippen LogP contribution in [-0.2, 0) is 10.0 Å². The molecule has 0 aromatic heterocycles. The van der Waals surface area contributed by atoms with Gasteiger partial charge in [-0.05, 0) is 61.7 Å². The molecule has 2 aromatic rings. The van der Waals surface area contributed by atoms with E-state index in [2.05, 4.69) is 4.90 Å². The number of nitrogens with zero attached hydrogens (tertiary/aromatic N) is 2. The Hall–Kier alpha value is -1.76. The summed E-state index contributed by atoms with van der Waals surface area (Å²) in [6.45, 7) is 7.97. The average molecular weight is 409 g/mol. The van der Waals surface area contributed by atoms with E-state index in [1.165, 1.54) is 11.4 Å². The van der Waals surface area contributed by atoms with Crippen molar-refractivity contribution in [1.82, 2.24) is 4.31 Å².